The number of amides is 2. The predicted octanol–water partition coefficient (Wildman–Crippen LogP) is 0.981. The Morgan fingerprint density at radius 1 is 1.41 bits per heavy atom. The van der Waals surface area contributed by atoms with E-state index in [2.05, 4.69) is 15.5 Å². The molecule has 22 heavy (non-hydrogen) atoms. The third kappa shape index (κ3) is 2.76. The third-order valence-corrected chi connectivity index (χ3v) is 3.15. The van der Waals surface area contributed by atoms with E-state index in [1.807, 2.05) is 0 Å². The van der Waals surface area contributed by atoms with Crippen molar-refractivity contribution in [1.82, 2.24) is 15.1 Å². The average molecular weight is 302 g/mol. The molecule has 2 heterocycles. The minimum atomic E-state index is -0.213. The van der Waals surface area contributed by atoms with Crippen molar-refractivity contribution in [3.8, 4) is 5.75 Å². The van der Waals surface area contributed by atoms with Crippen LogP contribution in [0.15, 0.2) is 22.6 Å². The van der Waals surface area contributed by atoms with Crippen LogP contribution in [0.3, 0.4) is 0 Å². The van der Waals surface area contributed by atoms with Crippen LogP contribution in [0.2, 0.25) is 0 Å². The largest absolute Gasteiger partial charge is 0.482 e. The number of hydrogen-bond acceptors (Lipinski definition) is 6. The van der Waals surface area contributed by atoms with Crippen LogP contribution in [-0.2, 0) is 11.3 Å². The molecular weight excluding hydrogens is 288 g/mol. The molecule has 2 aromatic rings. The maximum Gasteiger partial charge on any atom is 0.262 e. The number of carbonyl (C=O) groups excluding carboxylic acids is 2. The molecule has 0 bridgehead atoms. The van der Waals surface area contributed by atoms with Crippen molar-refractivity contribution in [3.63, 3.8) is 0 Å². The number of hydrogen-bond donors (Lipinski definition) is 1. The quantitative estimate of drug-likeness (QED) is 0.907. The molecule has 2 amide bonds. The summed E-state index contributed by atoms with van der Waals surface area (Å²) in [5, 5.41) is 10.3. The molecule has 1 aromatic carbocycles. The zero-order valence-electron chi connectivity index (χ0n) is 12.1. The Hall–Kier alpha value is -2.90. The first-order valence-corrected chi connectivity index (χ1v) is 6.64. The minimum Gasteiger partial charge on any atom is -0.482 e. The normalized spacial score (nSPS) is 13.1. The average Bonchev–Trinajstić information content (AvgIpc) is 2.91. The van der Waals surface area contributed by atoms with Crippen LogP contribution in [0.4, 0.5) is 5.69 Å². The number of anilines is 1. The molecule has 3 rings (SSSR count). The van der Waals surface area contributed by atoms with E-state index in [0.717, 1.165) is 0 Å². The third-order valence-electron chi connectivity index (χ3n) is 3.15. The van der Waals surface area contributed by atoms with Gasteiger partial charge < -0.3 is 19.4 Å². The standard InChI is InChI=1S/C14H14N4O4/c1-8-16-17-13(22-8)6-18(2)14(20)9-3-4-10-11(5-9)21-7-12(19)15-10/h3-5H,6-7H2,1-2H3,(H,15,19). The van der Waals surface area contributed by atoms with E-state index in [1.54, 1.807) is 32.2 Å². The number of nitrogens with one attached hydrogen (secondary N) is 1. The van der Waals surface area contributed by atoms with Crippen LogP contribution in [-0.4, -0.2) is 40.6 Å². The second-order valence-corrected chi connectivity index (χ2v) is 4.92. The number of nitrogens with zero attached hydrogens (tertiary/aromatic N) is 3. The maximum atomic E-state index is 12.4. The highest BCUT2D eigenvalue weighted by atomic mass is 16.5. The molecule has 1 aliphatic rings. The zero-order valence-corrected chi connectivity index (χ0v) is 12.1. The Labute approximate surface area is 126 Å². The SMILES string of the molecule is Cc1nnc(CN(C)C(=O)c2ccc3c(c2)OCC(=O)N3)o1. The smallest absolute Gasteiger partial charge is 0.262 e. The molecule has 1 aliphatic heterocycles. The molecule has 1 aromatic heterocycles. The highest BCUT2D eigenvalue weighted by Gasteiger charge is 2.20. The number of fused-ring (bicyclic) bond motifs is 1. The van der Waals surface area contributed by atoms with Gasteiger partial charge in [-0.1, -0.05) is 0 Å². The lowest BCUT2D eigenvalue weighted by molar-refractivity contribution is -0.118. The number of aryl methyl sites for hydroxylation is 1. The predicted molar refractivity (Wildman–Crippen MR) is 75.4 cm³/mol. The number of aromatic nitrogens is 2. The molecule has 0 radical (unpaired) electrons. The number of benzene rings is 1. The summed E-state index contributed by atoms with van der Waals surface area (Å²) in [5.41, 5.74) is 1.01. The molecule has 0 aliphatic carbocycles. The van der Waals surface area contributed by atoms with Gasteiger partial charge in [0.05, 0.1) is 12.2 Å². The van der Waals surface area contributed by atoms with Gasteiger partial charge >= 0.3 is 0 Å². The molecule has 8 heteroatoms. The highest BCUT2D eigenvalue weighted by molar-refractivity contribution is 5.98. The zero-order chi connectivity index (χ0) is 15.7. The molecule has 0 saturated carbocycles. The molecular formula is C14H14N4O4. The first-order chi connectivity index (χ1) is 10.5. The Bertz CT molecular complexity index is 740. The molecule has 0 atom stereocenters. The fourth-order valence-corrected chi connectivity index (χ4v) is 2.10. The van der Waals surface area contributed by atoms with E-state index in [4.69, 9.17) is 9.15 Å². The topological polar surface area (TPSA) is 97.6 Å². The molecule has 8 nitrogen and oxygen atoms in total. The van der Waals surface area contributed by atoms with Crippen molar-refractivity contribution in [1.29, 1.82) is 0 Å². The Balaban J connectivity index is 1.75. The lowest BCUT2D eigenvalue weighted by Crippen LogP contribution is -2.28. The number of carbonyl (C=O) groups is 2. The van der Waals surface area contributed by atoms with Crippen molar-refractivity contribution >= 4 is 17.5 Å². The van der Waals surface area contributed by atoms with E-state index in [-0.39, 0.29) is 25.0 Å². The van der Waals surface area contributed by atoms with Crippen molar-refractivity contribution in [3.05, 3.63) is 35.5 Å². The number of rotatable bonds is 3. The van der Waals surface area contributed by atoms with Crippen LogP contribution in [0.25, 0.3) is 0 Å². The van der Waals surface area contributed by atoms with E-state index < -0.39 is 0 Å². The molecule has 0 spiro atoms. The van der Waals surface area contributed by atoms with Gasteiger partial charge in [-0.3, -0.25) is 9.59 Å². The maximum absolute atomic E-state index is 12.4. The summed E-state index contributed by atoms with van der Waals surface area (Å²) in [4.78, 5) is 25.1. The van der Waals surface area contributed by atoms with Crippen LogP contribution >= 0.6 is 0 Å². The van der Waals surface area contributed by atoms with Crippen LogP contribution in [0.1, 0.15) is 22.1 Å². The first-order valence-electron chi connectivity index (χ1n) is 6.64. The second kappa shape index (κ2) is 5.47. The molecule has 0 unspecified atom stereocenters. The molecule has 114 valence electrons. The summed E-state index contributed by atoms with van der Waals surface area (Å²) in [6.07, 6.45) is 0. The first kappa shape index (κ1) is 14.1. The van der Waals surface area contributed by atoms with Gasteiger partial charge in [0.1, 0.15) is 5.75 Å². The summed E-state index contributed by atoms with van der Waals surface area (Å²) in [6, 6.07) is 4.88. The second-order valence-electron chi connectivity index (χ2n) is 4.92. The Kier molecular flexibility index (Phi) is 3.50. The fourth-order valence-electron chi connectivity index (χ4n) is 2.10. The van der Waals surface area contributed by atoms with E-state index in [0.29, 0.717) is 28.8 Å². The van der Waals surface area contributed by atoms with Crippen LogP contribution in [0.5, 0.6) is 5.75 Å². The van der Waals surface area contributed by atoms with E-state index in [9.17, 15) is 9.59 Å². The van der Waals surface area contributed by atoms with Gasteiger partial charge in [0.2, 0.25) is 11.8 Å². The van der Waals surface area contributed by atoms with Gasteiger partial charge in [-0.15, -0.1) is 10.2 Å². The van der Waals surface area contributed by atoms with E-state index >= 15 is 0 Å². The summed E-state index contributed by atoms with van der Waals surface area (Å²) in [7, 11) is 1.64. The lowest BCUT2D eigenvalue weighted by atomic mass is 10.1. The Morgan fingerprint density at radius 3 is 2.95 bits per heavy atom. The monoisotopic (exact) mass is 302 g/mol. The van der Waals surface area contributed by atoms with Gasteiger partial charge in [0.25, 0.3) is 11.8 Å². The van der Waals surface area contributed by atoms with Crippen molar-refractivity contribution < 1.29 is 18.7 Å². The van der Waals surface area contributed by atoms with Gasteiger partial charge in [-0.05, 0) is 18.2 Å². The van der Waals surface area contributed by atoms with Crippen molar-refractivity contribution in [2.75, 3.05) is 19.0 Å². The van der Waals surface area contributed by atoms with Gasteiger partial charge in [-0.25, -0.2) is 0 Å². The highest BCUT2D eigenvalue weighted by Crippen LogP contribution is 2.29. The summed E-state index contributed by atoms with van der Waals surface area (Å²) in [6.45, 7) is 1.85. The van der Waals surface area contributed by atoms with Crippen molar-refractivity contribution in [2.24, 2.45) is 0 Å². The van der Waals surface area contributed by atoms with E-state index in [1.165, 1.54) is 4.90 Å². The summed E-state index contributed by atoms with van der Waals surface area (Å²) >= 11 is 0. The van der Waals surface area contributed by atoms with Gasteiger partial charge in [-0.2, -0.15) is 0 Å². The van der Waals surface area contributed by atoms with Gasteiger partial charge in [0.15, 0.2) is 6.61 Å². The van der Waals surface area contributed by atoms with Crippen molar-refractivity contribution in [2.45, 2.75) is 13.5 Å². The molecule has 0 saturated heterocycles. The molecule has 0 fully saturated rings. The minimum absolute atomic E-state index is 0.0538. The van der Waals surface area contributed by atoms with Crippen LogP contribution in [0, 0.1) is 6.92 Å². The van der Waals surface area contributed by atoms with Gasteiger partial charge in [0, 0.05) is 19.5 Å². The lowest BCUT2D eigenvalue weighted by Gasteiger charge is -2.20. The van der Waals surface area contributed by atoms with Crippen LogP contribution < -0.4 is 10.1 Å². The Morgan fingerprint density at radius 2 is 2.23 bits per heavy atom. The number of ether oxygens (including phenoxy) is 1. The fraction of sp³-hybridized carbons (Fsp3) is 0.286. The molecule has 1 N–H and O–H groups in total. The summed E-state index contributed by atoms with van der Waals surface area (Å²) in [5.74, 6) is 0.880. The summed E-state index contributed by atoms with van der Waals surface area (Å²) < 4.78 is 10.6.